The van der Waals surface area contributed by atoms with Crippen LogP contribution < -0.4 is 11.3 Å². The Kier molecular flexibility index (Phi) is 4.41. The van der Waals surface area contributed by atoms with Crippen molar-refractivity contribution >= 4 is 11.3 Å². The third-order valence-corrected chi connectivity index (χ3v) is 3.74. The lowest BCUT2D eigenvalue weighted by atomic mass is 10.0. The molecule has 1 heterocycles. The molecule has 18 heavy (non-hydrogen) atoms. The number of rotatable bonds is 5. The first-order valence-electron chi connectivity index (χ1n) is 5.64. The molecular formula is C13H14F2N2S. The van der Waals surface area contributed by atoms with Crippen LogP contribution in [0.25, 0.3) is 0 Å². The monoisotopic (exact) mass is 268 g/mol. The summed E-state index contributed by atoms with van der Waals surface area (Å²) in [5.74, 6) is 3.79. The highest BCUT2D eigenvalue weighted by molar-refractivity contribution is 7.09. The summed E-state index contributed by atoms with van der Waals surface area (Å²) in [6.07, 6.45) is 1.59. The standard InChI is InChI=1S/C13H14F2N2S/c14-11-5-3-9(8-12(11)15)13(17-16)6-4-10-2-1-7-18-10/h1-3,5,7-8,13,17H,4,6,16H2. The van der Waals surface area contributed by atoms with Gasteiger partial charge in [-0.1, -0.05) is 12.1 Å². The minimum atomic E-state index is -0.844. The third kappa shape index (κ3) is 3.13. The molecule has 2 nitrogen and oxygen atoms in total. The van der Waals surface area contributed by atoms with E-state index in [2.05, 4.69) is 5.43 Å². The van der Waals surface area contributed by atoms with Gasteiger partial charge in [-0.2, -0.15) is 0 Å². The van der Waals surface area contributed by atoms with Gasteiger partial charge in [-0.05, 0) is 42.0 Å². The van der Waals surface area contributed by atoms with Gasteiger partial charge >= 0.3 is 0 Å². The number of nitrogens with one attached hydrogen (secondary N) is 1. The quantitative estimate of drug-likeness (QED) is 0.645. The van der Waals surface area contributed by atoms with Crippen LogP contribution in [0.15, 0.2) is 35.7 Å². The zero-order chi connectivity index (χ0) is 13.0. The summed E-state index contributed by atoms with van der Waals surface area (Å²) in [6.45, 7) is 0. The predicted molar refractivity (Wildman–Crippen MR) is 69.1 cm³/mol. The van der Waals surface area contributed by atoms with Crippen LogP contribution in [-0.2, 0) is 6.42 Å². The van der Waals surface area contributed by atoms with E-state index in [4.69, 9.17) is 5.84 Å². The number of nitrogens with two attached hydrogens (primary N) is 1. The van der Waals surface area contributed by atoms with Crippen molar-refractivity contribution in [3.8, 4) is 0 Å². The normalized spacial score (nSPS) is 12.6. The van der Waals surface area contributed by atoms with Gasteiger partial charge in [-0.25, -0.2) is 8.78 Å². The molecule has 96 valence electrons. The van der Waals surface area contributed by atoms with Crippen molar-refractivity contribution in [1.82, 2.24) is 5.43 Å². The van der Waals surface area contributed by atoms with E-state index in [1.54, 1.807) is 17.4 Å². The fourth-order valence-electron chi connectivity index (χ4n) is 1.82. The first-order valence-corrected chi connectivity index (χ1v) is 6.52. The maximum Gasteiger partial charge on any atom is 0.159 e. The van der Waals surface area contributed by atoms with Crippen molar-refractivity contribution in [2.45, 2.75) is 18.9 Å². The van der Waals surface area contributed by atoms with E-state index in [-0.39, 0.29) is 6.04 Å². The first-order chi connectivity index (χ1) is 8.70. The number of aryl methyl sites for hydroxylation is 1. The topological polar surface area (TPSA) is 38.0 Å². The summed E-state index contributed by atoms with van der Waals surface area (Å²) in [5, 5.41) is 2.01. The van der Waals surface area contributed by atoms with Crippen molar-refractivity contribution in [2.24, 2.45) is 5.84 Å². The Bertz CT molecular complexity index is 500. The molecule has 0 fully saturated rings. The average molecular weight is 268 g/mol. The molecule has 0 aliphatic heterocycles. The number of benzene rings is 1. The predicted octanol–water partition coefficient (Wildman–Crippen LogP) is 3.16. The van der Waals surface area contributed by atoms with Gasteiger partial charge in [0.05, 0.1) is 0 Å². The minimum absolute atomic E-state index is 0.179. The van der Waals surface area contributed by atoms with Crippen LogP contribution in [0.2, 0.25) is 0 Å². The lowest BCUT2D eigenvalue weighted by Gasteiger charge is -2.16. The number of hydrazine groups is 1. The fraction of sp³-hybridized carbons (Fsp3) is 0.231. The largest absolute Gasteiger partial charge is 0.271 e. The lowest BCUT2D eigenvalue weighted by Crippen LogP contribution is -2.28. The van der Waals surface area contributed by atoms with Crippen molar-refractivity contribution in [1.29, 1.82) is 0 Å². The molecule has 0 spiro atoms. The SMILES string of the molecule is NNC(CCc1cccs1)c1ccc(F)c(F)c1. The van der Waals surface area contributed by atoms with Crippen molar-refractivity contribution in [2.75, 3.05) is 0 Å². The van der Waals surface area contributed by atoms with Crippen molar-refractivity contribution < 1.29 is 8.78 Å². The van der Waals surface area contributed by atoms with Crippen LogP contribution >= 0.6 is 11.3 Å². The Morgan fingerprint density at radius 3 is 2.67 bits per heavy atom. The molecule has 2 aromatic rings. The Labute approximate surface area is 108 Å². The molecular weight excluding hydrogens is 254 g/mol. The minimum Gasteiger partial charge on any atom is -0.271 e. The number of hydrogen-bond donors (Lipinski definition) is 2. The molecule has 0 saturated carbocycles. The molecule has 1 unspecified atom stereocenters. The van der Waals surface area contributed by atoms with Gasteiger partial charge in [0.15, 0.2) is 11.6 Å². The maximum absolute atomic E-state index is 13.1. The number of halogens is 2. The van der Waals surface area contributed by atoms with Crippen LogP contribution in [0.4, 0.5) is 8.78 Å². The molecule has 1 atom stereocenters. The van der Waals surface area contributed by atoms with Gasteiger partial charge in [0.1, 0.15) is 0 Å². The zero-order valence-electron chi connectivity index (χ0n) is 9.70. The lowest BCUT2D eigenvalue weighted by molar-refractivity contribution is 0.489. The van der Waals surface area contributed by atoms with Gasteiger partial charge in [0.25, 0.3) is 0 Å². The second-order valence-electron chi connectivity index (χ2n) is 4.01. The molecule has 0 radical (unpaired) electrons. The number of thiophene rings is 1. The van der Waals surface area contributed by atoms with E-state index < -0.39 is 11.6 Å². The molecule has 3 N–H and O–H groups in total. The Morgan fingerprint density at radius 2 is 2.06 bits per heavy atom. The highest BCUT2D eigenvalue weighted by atomic mass is 32.1. The van der Waals surface area contributed by atoms with Gasteiger partial charge < -0.3 is 0 Å². The van der Waals surface area contributed by atoms with E-state index in [0.29, 0.717) is 5.56 Å². The van der Waals surface area contributed by atoms with E-state index in [1.807, 2.05) is 17.5 Å². The summed E-state index contributed by atoms with van der Waals surface area (Å²) >= 11 is 1.67. The molecule has 1 aromatic carbocycles. The van der Waals surface area contributed by atoms with Crippen molar-refractivity contribution in [3.05, 3.63) is 57.8 Å². The second-order valence-corrected chi connectivity index (χ2v) is 5.04. The summed E-state index contributed by atoms with van der Waals surface area (Å²) in [4.78, 5) is 1.25. The molecule has 2 rings (SSSR count). The van der Waals surface area contributed by atoms with Crippen LogP contribution in [-0.4, -0.2) is 0 Å². The van der Waals surface area contributed by atoms with Crippen LogP contribution in [0.3, 0.4) is 0 Å². The highest BCUT2D eigenvalue weighted by Crippen LogP contribution is 2.22. The molecule has 1 aromatic heterocycles. The van der Waals surface area contributed by atoms with Gasteiger partial charge in [-0.3, -0.25) is 11.3 Å². The van der Waals surface area contributed by atoms with Crippen LogP contribution in [0.1, 0.15) is 22.9 Å². The Hall–Kier alpha value is -1.30. The zero-order valence-corrected chi connectivity index (χ0v) is 10.5. The Balaban J connectivity index is 2.05. The summed E-state index contributed by atoms with van der Waals surface area (Å²) in [6, 6.07) is 7.72. The average Bonchev–Trinajstić information content (AvgIpc) is 2.87. The Morgan fingerprint density at radius 1 is 1.22 bits per heavy atom. The second kappa shape index (κ2) is 6.04. The first kappa shape index (κ1) is 13.1. The molecule has 0 amide bonds. The van der Waals surface area contributed by atoms with Crippen LogP contribution in [0.5, 0.6) is 0 Å². The van der Waals surface area contributed by atoms with E-state index in [1.165, 1.54) is 10.9 Å². The van der Waals surface area contributed by atoms with E-state index >= 15 is 0 Å². The molecule has 0 saturated heterocycles. The summed E-state index contributed by atoms with van der Waals surface area (Å²) < 4.78 is 26.0. The highest BCUT2D eigenvalue weighted by Gasteiger charge is 2.12. The van der Waals surface area contributed by atoms with E-state index in [0.717, 1.165) is 18.9 Å². The van der Waals surface area contributed by atoms with E-state index in [9.17, 15) is 8.78 Å². The smallest absolute Gasteiger partial charge is 0.159 e. The summed E-state index contributed by atoms with van der Waals surface area (Å²) in [7, 11) is 0. The summed E-state index contributed by atoms with van der Waals surface area (Å²) in [5.41, 5.74) is 3.30. The number of hydrogen-bond acceptors (Lipinski definition) is 3. The molecule has 0 aliphatic rings. The maximum atomic E-state index is 13.1. The van der Waals surface area contributed by atoms with Crippen LogP contribution in [0, 0.1) is 11.6 Å². The fourth-order valence-corrected chi connectivity index (χ4v) is 2.54. The molecule has 5 heteroatoms. The van der Waals surface area contributed by atoms with Gasteiger partial charge in [0.2, 0.25) is 0 Å². The third-order valence-electron chi connectivity index (χ3n) is 2.81. The molecule has 0 aliphatic carbocycles. The van der Waals surface area contributed by atoms with Gasteiger partial charge in [-0.15, -0.1) is 11.3 Å². The molecule has 0 bridgehead atoms. The van der Waals surface area contributed by atoms with Gasteiger partial charge in [0, 0.05) is 10.9 Å². The van der Waals surface area contributed by atoms with Crippen molar-refractivity contribution in [3.63, 3.8) is 0 Å².